The van der Waals surface area contributed by atoms with Crippen molar-refractivity contribution in [3.63, 3.8) is 0 Å². The summed E-state index contributed by atoms with van der Waals surface area (Å²) in [6.07, 6.45) is 1.63. The van der Waals surface area contributed by atoms with Crippen molar-refractivity contribution in [1.29, 1.82) is 0 Å². The van der Waals surface area contributed by atoms with Gasteiger partial charge in [0.2, 0.25) is 5.89 Å². The quantitative estimate of drug-likeness (QED) is 0.788. The lowest BCUT2D eigenvalue weighted by molar-refractivity contribution is 0.567. The molecule has 0 saturated carbocycles. The summed E-state index contributed by atoms with van der Waals surface area (Å²) >= 11 is 0. The first-order chi connectivity index (χ1) is 9.63. The van der Waals surface area contributed by atoms with Gasteiger partial charge >= 0.3 is 0 Å². The summed E-state index contributed by atoms with van der Waals surface area (Å²) in [5, 5.41) is 7.78. The van der Waals surface area contributed by atoms with Crippen molar-refractivity contribution in [1.82, 2.24) is 20.0 Å². The van der Waals surface area contributed by atoms with Gasteiger partial charge in [-0.05, 0) is 26.0 Å². The van der Waals surface area contributed by atoms with Crippen LogP contribution in [0.4, 0.5) is 5.82 Å². The predicted octanol–water partition coefficient (Wildman–Crippen LogP) is 2.18. The zero-order chi connectivity index (χ0) is 14.1. The number of nitrogens with zero attached hydrogens (tertiary/aromatic N) is 4. The summed E-state index contributed by atoms with van der Waals surface area (Å²) in [6, 6.07) is 8.04. The molecule has 0 bridgehead atoms. The van der Waals surface area contributed by atoms with E-state index in [-0.39, 0.29) is 0 Å². The summed E-state index contributed by atoms with van der Waals surface area (Å²) in [5.74, 6) is 1.04. The summed E-state index contributed by atoms with van der Waals surface area (Å²) in [7, 11) is 0. The minimum atomic E-state index is 0.437. The van der Waals surface area contributed by atoms with Gasteiger partial charge < -0.3 is 10.2 Å². The topological polar surface area (TPSA) is 82.8 Å². The Morgan fingerprint density at radius 1 is 1.20 bits per heavy atom. The lowest BCUT2D eigenvalue weighted by atomic mass is 10.1. The first kappa shape index (κ1) is 12.4. The number of hydrogen-bond acceptors (Lipinski definition) is 5. The molecule has 2 aromatic heterocycles. The summed E-state index contributed by atoms with van der Waals surface area (Å²) < 4.78 is 7.21. The number of hydrogen-bond donors (Lipinski definition) is 1. The Labute approximate surface area is 116 Å². The van der Waals surface area contributed by atoms with E-state index >= 15 is 0 Å². The summed E-state index contributed by atoms with van der Waals surface area (Å²) in [4.78, 5) is 4.46. The predicted molar refractivity (Wildman–Crippen MR) is 74.9 cm³/mol. The molecular formula is C14H15N5O. The average molecular weight is 269 g/mol. The first-order valence-electron chi connectivity index (χ1n) is 6.30. The van der Waals surface area contributed by atoms with Gasteiger partial charge in [0.05, 0.1) is 12.2 Å². The molecule has 3 aromatic rings. The first-order valence-corrected chi connectivity index (χ1v) is 6.30. The highest BCUT2D eigenvalue weighted by atomic mass is 16.3. The molecular weight excluding hydrogens is 254 g/mol. The van der Waals surface area contributed by atoms with Gasteiger partial charge in [-0.1, -0.05) is 22.9 Å². The maximum atomic E-state index is 5.67. The molecule has 0 aliphatic heterocycles. The van der Waals surface area contributed by atoms with Gasteiger partial charge in [-0.15, -0.1) is 5.10 Å². The van der Waals surface area contributed by atoms with Gasteiger partial charge in [-0.2, -0.15) is 0 Å². The van der Waals surface area contributed by atoms with E-state index in [1.807, 2.05) is 38.1 Å². The fraction of sp³-hybridized carbons (Fsp3) is 0.214. The molecule has 0 saturated heterocycles. The number of aryl methyl sites for hydroxylation is 1. The van der Waals surface area contributed by atoms with Crippen molar-refractivity contribution >= 4 is 5.82 Å². The molecule has 102 valence electrons. The van der Waals surface area contributed by atoms with Crippen molar-refractivity contribution in [2.45, 2.75) is 20.4 Å². The Bertz CT molecular complexity index is 726. The molecule has 0 fully saturated rings. The van der Waals surface area contributed by atoms with Crippen LogP contribution in [0.5, 0.6) is 0 Å². The van der Waals surface area contributed by atoms with Crippen molar-refractivity contribution in [3.05, 3.63) is 47.5 Å². The Hall–Kier alpha value is -2.63. The largest absolute Gasteiger partial charge is 0.444 e. The minimum Gasteiger partial charge on any atom is -0.444 e. The number of aromatic nitrogens is 4. The molecule has 0 atom stereocenters. The minimum absolute atomic E-state index is 0.437. The molecule has 2 heterocycles. The second-order valence-corrected chi connectivity index (χ2v) is 4.73. The third kappa shape index (κ3) is 2.27. The Morgan fingerprint density at radius 3 is 2.60 bits per heavy atom. The molecule has 0 aliphatic carbocycles. The molecule has 0 amide bonds. The van der Waals surface area contributed by atoms with E-state index < -0.39 is 0 Å². The van der Waals surface area contributed by atoms with Gasteiger partial charge in [0.1, 0.15) is 12.0 Å². The van der Waals surface area contributed by atoms with E-state index in [0.29, 0.717) is 18.3 Å². The van der Waals surface area contributed by atoms with E-state index in [4.69, 9.17) is 10.2 Å². The highest BCUT2D eigenvalue weighted by molar-refractivity contribution is 5.53. The van der Waals surface area contributed by atoms with Crippen LogP contribution >= 0.6 is 0 Å². The zero-order valence-electron chi connectivity index (χ0n) is 11.4. The molecule has 20 heavy (non-hydrogen) atoms. The number of oxazole rings is 1. The molecule has 6 heteroatoms. The van der Waals surface area contributed by atoms with Crippen LogP contribution in [0, 0.1) is 13.8 Å². The molecule has 0 spiro atoms. The van der Waals surface area contributed by atoms with Gasteiger partial charge in [-0.25, -0.2) is 9.67 Å². The van der Waals surface area contributed by atoms with Gasteiger partial charge in [-0.3, -0.25) is 0 Å². The number of benzene rings is 1. The van der Waals surface area contributed by atoms with E-state index in [2.05, 4.69) is 15.3 Å². The lowest BCUT2D eigenvalue weighted by Crippen LogP contribution is -2.04. The van der Waals surface area contributed by atoms with Crippen LogP contribution in [0.3, 0.4) is 0 Å². The Kier molecular flexibility index (Phi) is 2.98. The van der Waals surface area contributed by atoms with Crippen LogP contribution in [-0.2, 0) is 6.54 Å². The van der Waals surface area contributed by atoms with Gasteiger partial charge in [0, 0.05) is 5.56 Å². The molecule has 3 rings (SSSR count). The van der Waals surface area contributed by atoms with Gasteiger partial charge in [0.15, 0.2) is 5.82 Å². The van der Waals surface area contributed by atoms with Crippen molar-refractivity contribution in [2.24, 2.45) is 0 Å². The number of rotatable bonds is 3. The maximum Gasteiger partial charge on any atom is 0.226 e. The Balaban J connectivity index is 1.83. The Morgan fingerprint density at radius 2 is 1.95 bits per heavy atom. The van der Waals surface area contributed by atoms with Crippen LogP contribution in [0.2, 0.25) is 0 Å². The van der Waals surface area contributed by atoms with E-state index in [9.17, 15) is 0 Å². The highest BCUT2D eigenvalue weighted by Crippen LogP contribution is 2.19. The monoisotopic (exact) mass is 269 g/mol. The van der Waals surface area contributed by atoms with Crippen LogP contribution in [0.25, 0.3) is 11.5 Å². The molecule has 0 unspecified atom stereocenters. The number of nitrogen functional groups attached to an aromatic ring is 1. The molecule has 2 N–H and O–H groups in total. The van der Waals surface area contributed by atoms with E-state index in [0.717, 1.165) is 17.0 Å². The third-order valence-electron chi connectivity index (χ3n) is 3.18. The summed E-state index contributed by atoms with van der Waals surface area (Å²) in [6.45, 7) is 4.41. The zero-order valence-corrected chi connectivity index (χ0v) is 11.4. The van der Waals surface area contributed by atoms with Crippen LogP contribution in [0.1, 0.15) is 17.0 Å². The van der Waals surface area contributed by atoms with Crippen LogP contribution in [0.15, 0.2) is 34.9 Å². The number of nitrogens with two attached hydrogens (primary N) is 1. The van der Waals surface area contributed by atoms with Crippen molar-refractivity contribution in [3.8, 4) is 11.5 Å². The fourth-order valence-corrected chi connectivity index (χ4v) is 1.89. The number of anilines is 1. The maximum absolute atomic E-state index is 5.67. The molecule has 1 aromatic carbocycles. The second kappa shape index (κ2) is 4.80. The molecule has 6 nitrogen and oxygen atoms in total. The van der Waals surface area contributed by atoms with Crippen molar-refractivity contribution in [2.75, 3.05) is 5.73 Å². The average Bonchev–Trinajstić information content (AvgIpc) is 3.02. The lowest BCUT2D eigenvalue weighted by Gasteiger charge is -1.98. The SMILES string of the molecule is Cc1ccc(-c2nc(Cn3nnc(N)c3C)co2)cc1. The van der Waals surface area contributed by atoms with Crippen molar-refractivity contribution < 1.29 is 4.42 Å². The second-order valence-electron chi connectivity index (χ2n) is 4.73. The third-order valence-corrected chi connectivity index (χ3v) is 3.18. The molecule has 0 aliphatic rings. The standard InChI is InChI=1S/C14H15N5O/c1-9-3-5-11(6-4-9)14-16-12(8-20-14)7-19-10(2)13(15)17-18-19/h3-6,8H,7,15H2,1-2H3. The molecule has 0 radical (unpaired) electrons. The smallest absolute Gasteiger partial charge is 0.226 e. The van der Waals surface area contributed by atoms with Gasteiger partial charge in [0.25, 0.3) is 0 Å². The van der Waals surface area contributed by atoms with Crippen LogP contribution < -0.4 is 5.73 Å². The van der Waals surface area contributed by atoms with Crippen LogP contribution in [-0.4, -0.2) is 20.0 Å². The normalized spacial score (nSPS) is 10.9. The van der Waals surface area contributed by atoms with E-state index in [1.54, 1.807) is 10.9 Å². The summed E-state index contributed by atoms with van der Waals surface area (Å²) in [5.41, 5.74) is 9.43. The fourth-order valence-electron chi connectivity index (χ4n) is 1.89. The van der Waals surface area contributed by atoms with E-state index in [1.165, 1.54) is 5.56 Å². The highest BCUT2D eigenvalue weighted by Gasteiger charge is 2.10.